The molecule has 31 heavy (non-hydrogen) atoms. The van der Waals surface area contributed by atoms with Crippen LogP contribution in [0.4, 0.5) is 10.5 Å². The summed E-state index contributed by atoms with van der Waals surface area (Å²) in [6, 6.07) is 11.3. The number of benzene rings is 1. The van der Waals surface area contributed by atoms with Gasteiger partial charge in [-0.05, 0) is 32.4 Å². The summed E-state index contributed by atoms with van der Waals surface area (Å²) in [5, 5.41) is 6.68. The van der Waals surface area contributed by atoms with Gasteiger partial charge in [-0.3, -0.25) is 10.1 Å². The van der Waals surface area contributed by atoms with Crippen LogP contribution in [-0.4, -0.2) is 35.1 Å². The maximum Gasteiger partial charge on any atom is 0.412 e. The Morgan fingerprint density at radius 2 is 1.94 bits per heavy atom. The van der Waals surface area contributed by atoms with E-state index in [0.717, 1.165) is 16.5 Å². The van der Waals surface area contributed by atoms with Crippen LogP contribution < -0.4 is 10.6 Å². The lowest BCUT2D eigenvalue weighted by Gasteiger charge is -2.43. The van der Waals surface area contributed by atoms with Crippen molar-refractivity contribution >= 4 is 28.8 Å². The van der Waals surface area contributed by atoms with Gasteiger partial charge in [-0.15, -0.1) is 0 Å². The van der Waals surface area contributed by atoms with Crippen LogP contribution in [0.25, 0.3) is 11.0 Å². The minimum Gasteiger partial charge on any atom is -0.451 e. The average molecular weight is 422 g/mol. The lowest BCUT2D eigenvalue weighted by Crippen LogP contribution is -2.60. The standard InChI is InChI=1S/C23H26N4O4/c1-22(2,3)20(28)31-23(13-24-14-23)18-11-26-19-17(18)9-16(10-25-19)27-21(29)30-12-15-7-5-4-6-8-15/h4-11,24H,12-14H2,1-3H3,(H,25,26)(H,27,29). The van der Waals surface area contributed by atoms with Gasteiger partial charge in [0.1, 0.15) is 12.3 Å². The van der Waals surface area contributed by atoms with E-state index in [2.05, 4.69) is 20.6 Å². The minimum absolute atomic E-state index is 0.176. The number of hydrogen-bond donors (Lipinski definition) is 3. The quantitative estimate of drug-likeness (QED) is 0.542. The second-order valence-corrected chi connectivity index (χ2v) is 8.75. The number of anilines is 1. The highest BCUT2D eigenvalue weighted by molar-refractivity contribution is 5.90. The van der Waals surface area contributed by atoms with Crippen molar-refractivity contribution in [2.24, 2.45) is 5.41 Å². The molecular weight excluding hydrogens is 396 g/mol. The third-order valence-electron chi connectivity index (χ3n) is 5.20. The van der Waals surface area contributed by atoms with Crippen molar-refractivity contribution in [1.29, 1.82) is 0 Å². The first-order chi connectivity index (χ1) is 14.8. The molecule has 3 N–H and O–H groups in total. The van der Waals surface area contributed by atoms with Crippen molar-refractivity contribution in [3.8, 4) is 0 Å². The van der Waals surface area contributed by atoms with Crippen LogP contribution in [0.2, 0.25) is 0 Å². The Balaban J connectivity index is 1.52. The summed E-state index contributed by atoms with van der Waals surface area (Å²) in [4.78, 5) is 32.3. The van der Waals surface area contributed by atoms with Gasteiger partial charge < -0.3 is 19.8 Å². The summed E-state index contributed by atoms with van der Waals surface area (Å²) >= 11 is 0. The Morgan fingerprint density at radius 3 is 2.58 bits per heavy atom. The maximum atomic E-state index is 12.6. The summed E-state index contributed by atoms with van der Waals surface area (Å²) in [6.45, 7) is 6.69. The predicted molar refractivity (Wildman–Crippen MR) is 116 cm³/mol. The molecule has 0 atom stereocenters. The first-order valence-corrected chi connectivity index (χ1v) is 10.2. The summed E-state index contributed by atoms with van der Waals surface area (Å²) in [5.41, 5.74) is 1.50. The maximum absolute atomic E-state index is 12.6. The molecule has 1 aliphatic rings. The smallest absolute Gasteiger partial charge is 0.412 e. The number of aromatic amines is 1. The molecule has 8 heteroatoms. The molecule has 0 spiro atoms. The number of amides is 1. The number of fused-ring (bicyclic) bond motifs is 1. The Kier molecular flexibility index (Phi) is 5.41. The minimum atomic E-state index is -0.767. The molecule has 162 valence electrons. The normalized spacial score (nSPS) is 15.2. The van der Waals surface area contributed by atoms with Crippen molar-refractivity contribution in [2.45, 2.75) is 33.0 Å². The first kappa shape index (κ1) is 20.9. The van der Waals surface area contributed by atoms with E-state index in [1.165, 1.54) is 0 Å². The van der Waals surface area contributed by atoms with Crippen molar-refractivity contribution in [3.05, 3.63) is 59.9 Å². The molecule has 3 aromatic rings. The highest BCUT2D eigenvalue weighted by atomic mass is 16.6. The number of aromatic nitrogens is 2. The van der Waals surface area contributed by atoms with Crippen molar-refractivity contribution in [2.75, 3.05) is 18.4 Å². The summed E-state index contributed by atoms with van der Waals surface area (Å²) < 4.78 is 11.2. The molecule has 1 saturated heterocycles. The van der Waals surface area contributed by atoms with Gasteiger partial charge in [-0.25, -0.2) is 9.78 Å². The zero-order valence-corrected chi connectivity index (χ0v) is 17.8. The van der Waals surface area contributed by atoms with E-state index in [9.17, 15) is 9.59 Å². The number of esters is 1. The van der Waals surface area contributed by atoms with Crippen LogP contribution in [0.1, 0.15) is 31.9 Å². The number of carbonyl (C=O) groups is 2. The summed E-state index contributed by atoms with van der Waals surface area (Å²) in [5.74, 6) is -0.268. The number of ether oxygens (including phenoxy) is 2. The molecule has 0 bridgehead atoms. The van der Waals surface area contributed by atoms with Crippen molar-refractivity contribution in [3.63, 3.8) is 0 Å². The van der Waals surface area contributed by atoms with E-state index < -0.39 is 17.1 Å². The Labute approximate surface area is 180 Å². The zero-order valence-electron chi connectivity index (χ0n) is 17.8. The number of nitrogens with zero attached hydrogens (tertiary/aromatic N) is 1. The van der Waals surface area contributed by atoms with E-state index >= 15 is 0 Å². The molecule has 1 amide bonds. The number of carbonyl (C=O) groups excluding carboxylic acids is 2. The highest BCUT2D eigenvalue weighted by Gasteiger charge is 2.46. The van der Waals surface area contributed by atoms with E-state index in [1.807, 2.05) is 63.4 Å². The second kappa shape index (κ2) is 8.03. The predicted octanol–water partition coefficient (Wildman–Crippen LogP) is 3.70. The molecule has 3 heterocycles. The van der Waals surface area contributed by atoms with Crippen molar-refractivity contribution in [1.82, 2.24) is 15.3 Å². The van der Waals surface area contributed by atoms with Gasteiger partial charge in [0.25, 0.3) is 0 Å². The van der Waals surface area contributed by atoms with Gasteiger partial charge >= 0.3 is 12.1 Å². The van der Waals surface area contributed by atoms with Gasteiger partial charge in [0.05, 0.1) is 17.3 Å². The Morgan fingerprint density at radius 1 is 1.19 bits per heavy atom. The molecule has 0 aliphatic carbocycles. The number of H-pyrrole nitrogens is 1. The van der Waals surface area contributed by atoms with Gasteiger partial charge in [-0.1, -0.05) is 30.3 Å². The molecule has 4 rings (SSSR count). The largest absolute Gasteiger partial charge is 0.451 e. The van der Waals surface area contributed by atoms with Gasteiger partial charge in [0, 0.05) is 30.2 Å². The summed E-state index contributed by atoms with van der Waals surface area (Å²) in [6.07, 6.45) is 2.80. The van der Waals surface area contributed by atoms with E-state index in [1.54, 1.807) is 6.20 Å². The van der Waals surface area contributed by atoms with Crippen LogP contribution >= 0.6 is 0 Å². The Bertz CT molecular complexity index is 1100. The number of rotatable bonds is 5. The van der Waals surface area contributed by atoms with E-state index in [4.69, 9.17) is 9.47 Å². The van der Waals surface area contributed by atoms with E-state index in [0.29, 0.717) is 24.4 Å². The molecule has 0 saturated carbocycles. The van der Waals surface area contributed by atoms with Gasteiger partial charge in [-0.2, -0.15) is 0 Å². The van der Waals surface area contributed by atoms with Crippen molar-refractivity contribution < 1.29 is 19.1 Å². The molecule has 8 nitrogen and oxygen atoms in total. The van der Waals surface area contributed by atoms with E-state index in [-0.39, 0.29) is 12.6 Å². The lowest BCUT2D eigenvalue weighted by molar-refractivity contribution is -0.176. The second-order valence-electron chi connectivity index (χ2n) is 8.75. The molecule has 2 aromatic heterocycles. The number of nitrogens with one attached hydrogen (secondary N) is 3. The number of pyridine rings is 1. The van der Waals surface area contributed by atoms with Gasteiger partial charge in [0.15, 0.2) is 5.60 Å². The fourth-order valence-corrected chi connectivity index (χ4v) is 3.33. The van der Waals surface area contributed by atoms with Crippen LogP contribution in [0, 0.1) is 5.41 Å². The number of hydrogen-bond acceptors (Lipinski definition) is 6. The fourth-order valence-electron chi connectivity index (χ4n) is 3.33. The first-order valence-electron chi connectivity index (χ1n) is 10.2. The molecule has 1 fully saturated rings. The van der Waals surface area contributed by atoms with Crippen LogP contribution in [0.3, 0.4) is 0 Å². The topological polar surface area (TPSA) is 105 Å². The third kappa shape index (κ3) is 4.39. The molecular formula is C23H26N4O4. The van der Waals surface area contributed by atoms with Crippen LogP contribution in [-0.2, 0) is 26.5 Å². The molecule has 0 radical (unpaired) electrons. The molecule has 1 aliphatic heterocycles. The van der Waals surface area contributed by atoms with Gasteiger partial charge in [0.2, 0.25) is 0 Å². The molecule has 0 unspecified atom stereocenters. The molecule has 1 aromatic carbocycles. The fraction of sp³-hybridized carbons (Fsp3) is 0.348. The van der Waals surface area contributed by atoms with Crippen LogP contribution in [0.15, 0.2) is 48.8 Å². The monoisotopic (exact) mass is 422 g/mol. The SMILES string of the molecule is CC(C)(C)C(=O)OC1(c2c[nH]c3ncc(NC(=O)OCc4ccccc4)cc23)CNC1. The average Bonchev–Trinajstić information content (AvgIpc) is 3.12. The highest BCUT2D eigenvalue weighted by Crippen LogP contribution is 2.37. The zero-order chi connectivity index (χ0) is 22.1. The van der Waals surface area contributed by atoms with Crippen LogP contribution in [0.5, 0.6) is 0 Å². The Hall–Kier alpha value is -3.39. The lowest BCUT2D eigenvalue weighted by atomic mass is 9.87. The third-order valence-corrected chi connectivity index (χ3v) is 5.20. The summed E-state index contributed by atoms with van der Waals surface area (Å²) in [7, 11) is 0.